The van der Waals surface area contributed by atoms with Crippen LogP contribution in [0.5, 0.6) is 0 Å². The summed E-state index contributed by atoms with van der Waals surface area (Å²) in [7, 11) is -1.50. The van der Waals surface area contributed by atoms with Gasteiger partial charge in [-0.15, -0.1) is 5.54 Å². The second kappa shape index (κ2) is 8.60. The van der Waals surface area contributed by atoms with E-state index in [1.54, 1.807) is 6.33 Å². The van der Waals surface area contributed by atoms with Gasteiger partial charge in [-0.1, -0.05) is 55.9 Å². The molecule has 0 saturated carbocycles. The fraction of sp³-hybridized carbons (Fsp3) is 0.269. The Morgan fingerprint density at radius 2 is 1.88 bits per heavy atom. The van der Waals surface area contributed by atoms with Crippen LogP contribution in [-0.2, 0) is 11.3 Å². The van der Waals surface area contributed by atoms with Crippen LogP contribution in [0.2, 0.25) is 19.6 Å². The molecule has 0 atom stereocenters. The SMILES string of the molecule is CC(C)OC(=O)c1ncn2c1CN=C(c1ccccc1)c1cc(C#C[Si](C)(C)C)ccc1-2. The molecule has 1 aromatic heterocycles. The molecule has 0 amide bonds. The van der Waals surface area contributed by atoms with Crippen LogP contribution in [0.15, 0.2) is 59.9 Å². The molecule has 0 aliphatic carbocycles. The fourth-order valence-corrected chi connectivity index (χ4v) is 4.05. The molecule has 5 nitrogen and oxygen atoms in total. The summed E-state index contributed by atoms with van der Waals surface area (Å²) in [4.78, 5) is 21.9. The van der Waals surface area contributed by atoms with E-state index in [1.807, 2.05) is 48.7 Å². The maximum absolute atomic E-state index is 12.6. The van der Waals surface area contributed by atoms with Crippen molar-refractivity contribution in [1.82, 2.24) is 9.55 Å². The minimum Gasteiger partial charge on any atom is -0.458 e. The Kier molecular flexibility index (Phi) is 5.85. The second-order valence-corrected chi connectivity index (χ2v) is 13.9. The first-order valence-electron chi connectivity index (χ1n) is 10.8. The molecule has 2 aromatic carbocycles. The number of rotatable bonds is 3. The first kappa shape index (κ1) is 21.8. The number of fused-ring (bicyclic) bond motifs is 3. The van der Waals surface area contributed by atoms with Crippen molar-refractivity contribution in [1.29, 1.82) is 0 Å². The summed E-state index contributed by atoms with van der Waals surface area (Å²) < 4.78 is 7.35. The van der Waals surface area contributed by atoms with Gasteiger partial charge in [-0.05, 0) is 32.0 Å². The predicted octanol–water partition coefficient (Wildman–Crippen LogP) is 5.02. The molecule has 1 aliphatic heterocycles. The normalized spacial score (nSPS) is 12.8. The molecular weight excluding hydrogens is 414 g/mol. The van der Waals surface area contributed by atoms with E-state index in [-0.39, 0.29) is 6.10 Å². The minimum atomic E-state index is -1.50. The third-order valence-electron chi connectivity index (χ3n) is 4.93. The number of aliphatic imine (C=N–C) groups is 1. The van der Waals surface area contributed by atoms with Crippen LogP contribution in [0.3, 0.4) is 0 Å². The van der Waals surface area contributed by atoms with E-state index >= 15 is 0 Å². The summed E-state index contributed by atoms with van der Waals surface area (Å²) in [5, 5.41) is 0. The lowest BCUT2D eigenvalue weighted by Crippen LogP contribution is -2.16. The summed E-state index contributed by atoms with van der Waals surface area (Å²) >= 11 is 0. The second-order valence-electron chi connectivity index (χ2n) is 9.13. The van der Waals surface area contributed by atoms with Crippen LogP contribution in [0.1, 0.15) is 46.7 Å². The van der Waals surface area contributed by atoms with E-state index in [1.165, 1.54) is 0 Å². The number of hydrogen-bond acceptors (Lipinski definition) is 4. The molecule has 0 unspecified atom stereocenters. The number of carbonyl (C=O) groups is 1. The van der Waals surface area contributed by atoms with Crippen LogP contribution in [0.25, 0.3) is 5.69 Å². The van der Waals surface area contributed by atoms with Gasteiger partial charge in [0.1, 0.15) is 14.4 Å². The predicted molar refractivity (Wildman–Crippen MR) is 130 cm³/mol. The molecule has 0 fully saturated rings. The molecule has 4 rings (SSSR count). The Hall–Kier alpha value is -3.43. The smallest absolute Gasteiger partial charge is 0.359 e. The number of carbonyl (C=O) groups excluding carboxylic acids is 1. The van der Waals surface area contributed by atoms with E-state index in [4.69, 9.17) is 9.73 Å². The summed E-state index contributed by atoms with van der Waals surface area (Å²) in [6, 6.07) is 16.3. The highest BCUT2D eigenvalue weighted by atomic mass is 28.3. The molecule has 0 N–H and O–H groups in total. The van der Waals surface area contributed by atoms with E-state index in [2.05, 4.69) is 54.3 Å². The molecule has 2 heterocycles. The van der Waals surface area contributed by atoms with Gasteiger partial charge >= 0.3 is 5.97 Å². The molecule has 1 aliphatic rings. The lowest BCUT2D eigenvalue weighted by Gasteiger charge is -2.13. The maximum atomic E-state index is 12.6. The molecule has 3 aromatic rings. The van der Waals surface area contributed by atoms with Crippen molar-refractivity contribution in [2.24, 2.45) is 4.99 Å². The Bertz CT molecular complexity index is 1260. The number of aromatic nitrogens is 2. The van der Waals surface area contributed by atoms with Gasteiger partial charge in [-0.25, -0.2) is 9.78 Å². The van der Waals surface area contributed by atoms with Gasteiger partial charge in [0.05, 0.1) is 29.7 Å². The molecule has 0 saturated heterocycles. The monoisotopic (exact) mass is 441 g/mol. The van der Waals surface area contributed by atoms with Crippen LogP contribution in [0.4, 0.5) is 0 Å². The van der Waals surface area contributed by atoms with E-state index in [9.17, 15) is 4.79 Å². The molecule has 0 spiro atoms. The maximum Gasteiger partial charge on any atom is 0.359 e. The van der Waals surface area contributed by atoms with Gasteiger partial charge in [-0.3, -0.25) is 9.56 Å². The van der Waals surface area contributed by atoms with Crippen LogP contribution >= 0.6 is 0 Å². The van der Waals surface area contributed by atoms with Gasteiger partial charge in [-0.2, -0.15) is 0 Å². The van der Waals surface area contributed by atoms with Gasteiger partial charge < -0.3 is 4.74 Å². The van der Waals surface area contributed by atoms with Gasteiger partial charge in [0.25, 0.3) is 0 Å². The van der Waals surface area contributed by atoms with Crippen molar-refractivity contribution in [2.75, 3.05) is 0 Å². The summed E-state index contributed by atoms with van der Waals surface area (Å²) in [5.74, 6) is 2.93. The third kappa shape index (κ3) is 4.58. The Morgan fingerprint density at radius 3 is 2.56 bits per heavy atom. The van der Waals surface area contributed by atoms with E-state index in [0.29, 0.717) is 12.2 Å². The first-order chi connectivity index (χ1) is 15.2. The average molecular weight is 442 g/mol. The van der Waals surface area contributed by atoms with Crippen molar-refractivity contribution < 1.29 is 9.53 Å². The average Bonchev–Trinajstić information content (AvgIpc) is 3.09. The highest BCUT2D eigenvalue weighted by Gasteiger charge is 2.26. The van der Waals surface area contributed by atoms with Crippen LogP contribution < -0.4 is 0 Å². The van der Waals surface area contributed by atoms with Crippen molar-refractivity contribution in [3.63, 3.8) is 0 Å². The molecule has 0 radical (unpaired) electrons. The van der Waals surface area contributed by atoms with Gasteiger partial charge in [0.2, 0.25) is 0 Å². The van der Waals surface area contributed by atoms with Crippen LogP contribution in [-0.4, -0.2) is 35.4 Å². The minimum absolute atomic E-state index is 0.214. The molecule has 162 valence electrons. The lowest BCUT2D eigenvalue weighted by atomic mass is 9.98. The zero-order valence-electron chi connectivity index (χ0n) is 19.1. The highest BCUT2D eigenvalue weighted by molar-refractivity contribution is 6.83. The van der Waals surface area contributed by atoms with E-state index in [0.717, 1.165) is 33.8 Å². The molecule has 0 bridgehead atoms. The molecule has 32 heavy (non-hydrogen) atoms. The summed E-state index contributed by atoms with van der Waals surface area (Å²) in [6.45, 7) is 10.7. The van der Waals surface area contributed by atoms with Crippen LogP contribution in [0, 0.1) is 11.5 Å². The molecular formula is C26H27N3O2Si. The highest BCUT2D eigenvalue weighted by Crippen LogP contribution is 2.28. The Morgan fingerprint density at radius 1 is 1.12 bits per heavy atom. The Balaban J connectivity index is 1.89. The summed E-state index contributed by atoms with van der Waals surface area (Å²) in [5.41, 5.74) is 9.23. The number of ether oxygens (including phenoxy) is 1. The number of hydrogen-bond donors (Lipinski definition) is 0. The van der Waals surface area contributed by atoms with Crippen molar-refractivity contribution in [2.45, 2.75) is 46.1 Å². The number of imidazole rings is 1. The Labute approximate surface area is 190 Å². The van der Waals surface area contributed by atoms with Crippen molar-refractivity contribution in [3.8, 4) is 17.2 Å². The summed E-state index contributed by atoms with van der Waals surface area (Å²) in [6.07, 6.45) is 1.47. The number of benzene rings is 2. The first-order valence-corrected chi connectivity index (χ1v) is 14.3. The standard InChI is InChI=1S/C26H27N3O2Si/c1-18(2)31-26(30)25-23-16-27-24(20-9-7-6-8-10-20)21-15-19(13-14-32(3,4)5)11-12-22(21)29(23)17-28-25/h6-12,15,17-18H,16H2,1-5H3. The largest absolute Gasteiger partial charge is 0.458 e. The zero-order valence-corrected chi connectivity index (χ0v) is 20.1. The quantitative estimate of drug-likeness (QED) is 0.326. The third-order valence-corrected chi connectivity index (χ3v) is 5.80. The van der Waals surface area contributed by atoms with Gasteiger partial charge in [0, 0.05) is 16.7 Å². The molecule has 6 heteroatoms. The fourth-order valence-electron chi connectivity index (χ4n) is 3.53. The zero-order chi connectivity index (χ0) is 22.9. The van der Waals surface area contributed by atoms with E-state index < -0.39 is 14.0 Å². The lowest BCUT2D eigenvalue weighted by molar-refractivity contribution is 0.0370. The van der Waals surface area contributed by atoms with Crippen molar-refractivity contribution in [3.05, 3.63) is 82.9 Å². The number of esters is 1. The topological polar surface area (TPSA) is 56.5 Å². The van der Waals surface area contributed by atoms with Crippen molar-refractivity contribution >= 4 is 19.8 Å². The van der Waals surface area contributed by atoms with Gasteiger partial charge in [0.15, 0.2) is 5.69 Å². The number of nitrogens with zero attached hydrogens (tertiary/aromatic N) is 3.